The van der Waals surface area contributed by atoms with Gasteiger partial charge in [-0.3, -0.25) is 0 Å². The van der Waals surface area contributed by atoms with Crippen molar-refractivity contribution in [2.75, 3.05) is 25.5 Å². The Labute approximate surface area is 131 Å². The van der Waals surface area contributed by atoms with E-state index in [0.29, 0.717) is 12.5 Å². The fraction of sp³-hybridized carbons (Fsp3) is 0.471. The molecule has 0 saturated heterocycles. The third-order valence-corrected chi connectivity index (χ3v) is 4.32. The van der Waals surface area contributed by atoms with Crippen molar-refractivity contribution in [2.45, 2.75) is 31.6 Å². The van der Waals surface area contributed by atoms with Crippen molar-refractivity contribution < 1.29 is 4.74 Å². The number of nitrogens with zero attached hydrogens (tertiary/aromatic N) is 2. The molecule has 1 heterocycles. The number of aromatic nitrogens is 2. The minimum Gasteiger partial charge on any atom is -0.494 e. The number of para-hydroxylation sites is 2. The molecule has 0 atom stereocenters. The zero-order valence-corrected chi connectivity index (χ0v) is 13.1. The third-order valence-electron chi connectivity index (χ3n) is 4.32. The van der Waals surface area contributed by atoms with Crippen LogP contribution in [0.3, 0.4) is 0 Å². The third kappa shape index (κ3) is 2.81. The highest BCUT2D eigenvalue weighted by molar-refractivity contribution is 5.55. The van der Waals surface area contributed by atoms with E-state index in [2.05, 4.69) is 16.5 Å². The van der Waals surface area contributed by atoms with Crippen LogP contribution in [0.25, 0.3) is 5.69 Å². The first-order valence-corrected chi connectivity index (χ1v) is 8.00. The van der Waals surface area contributed by atoms with Gasteiger partial charge in [-0.15, -0.1) is 0 Å². The number of nitrogens with two attached hydrogens (primary N) is 1. The molecule has 0 radical (unpaired) electrons. The van der Waals surface area contributed by atoms with Gasteiger partial charge < -0.3 is 15.8 Å². The van der Waals surface area contributed by atoms with Crippen molar-refractivity contribution in [3.63, 3.8) is 0 Å². The van der Waals surface area contributed by atoms with Crippen LogP contribution in [0.1, 0.15) is 37.3 Å². The number of benzene rings is 1. The molecule has 0 spiro atoms. The lowest BCUT2D eigenvalue weighted by Crippen LogP contribution is -2.15. The average molecular weight is 300 g/mol. The molecular formula is C17H24N4O. The molecule has 0 aliphatic heterocycles. The molecule has 1 aromatic heterocycles. The monoisotopic (exact) mass is 300 g/mol. The zero-order valence-electron chi connectivity index (χ0n) is 13.1. The lowest BCUT2D eigenvalue weighted by atomic mass is 10.0. The Hall–Kier alpha value is -2.01. The van der Waals surface area contributed by atoms with E-state index in [-0.39, 0.29) is 0 Å². The Kier molecular flexibility index (Phi) is 4.63. The Bertz CT molecular complexity index is 617. The Morgan fingerprint density at radius 3 is 2.82 bits per heavy atom. The van der Waals surface area contributed by atoms with E-state index < -0.39 is 0 Å². The predicted molar refractivity (Wildman–Crippen MR) is 88.9 cm³/mol. The van der Waals surface area contributed by atoms with Gasteiger partial charge >= 0.3 is 0 Å². The van der Waals surface area contributed by atoms with Gasteiger partial charge in [0.25, 0.3) is 0 Å². The number of anilines is 1. The zero-order chi connectivity index (χ0) is 15.4. The second kappa shape index (κ2) is 6.83. The molecule has 1 aromatic carbocycles. The molecule has 3 N–H and O–H groups in total. The Balaban J connectivity index is 2.04. The second-order valence-corrected chi connectivity index (χ2v) is 5.72. The van der Waals surface area contributed by atoms with Crippen LogP contribution in [0, 0.1) is 0 Å². The first kappa shape index (κ1) is 14.9. The molecule has 3 rings (SSSR count). The van der Waals surface area contributed by atoms with E-state index in [1.54, 1.807) is 7.11 Å². The van der Waals surface area contributed by atoms with E-state index >= 15 is 0 Å². The minimum atomic E-state index is 0.549. The standard InChI is InChI=1S/C17H24N4O/c1-22-16-9-5-4-8-15(16)21-17(13-6-2-3-7-13)14(12-20-21)19-11-10-18/h4-5,8-9,12-13,19H,2-3,6-7,10-11,18H2,1H3. The van der Waals surface area contributed by atoms with E-state index in [4.69, 9.17) is 10.5 Å². The summed E-state index contributed by atoms with van der Waals surface area (Å²) in [7, 11) is 1.70. The average Bonchev–Trinajstić information content (AvgIpc) is 3.21. The Morgan fingerprint density at radius 2 is 2.09 bits per heavy atom. The lowest BCUT2D eigenvalue weighted by Gasteiger charge is -2.17. The topological polar surface area (TPSA) is 65.1 Å². The number of ether oxygens (including phenoxy) is 1. The fourth-order valence-electron chi connectivity index (χ4n) is 3.29. The summed E-state index contributed by atoms with van der Waals surface area (Å²) in [6.45, 7) is 1.38. The van der Waals surface area contributed by atoms with Gasteiger partial charge in [0, 0.05) is 19.0 Å². The summed E-state index contributed by atoms with van der Waals surface area (Å²) >= 11 is 0. The highest BCUT2D eigenvalue weighted by Crippen LogP contribution is 2.39. The number of methoxy groups -OCH3 is 1. The van der Waals surface area contributed by atoms with Crippen molar-refractivity contribution in [1.29, 1.82) is 0 Å². The molecule has 5 heteroatoms. The summed E-state index contributed by atoms with van der Waals surface area (Å²) in [5, 5.41) is 8.04. The summed E-state index contributed by atoms with van der Waals surface area (Å²) in [5.41, 5.74) is 8.99. The van der Waals surface area contributed by atoms with Crippen LogP contribution < -0.4 is 15.8 Å². The highest BCUT2D eigenvalue weighted by atomic mass is 16.5. The molecule has 22 heavy (non-hydrogen) atoms. The van der Waals surface area contributed by atoms with E-state index in [0.717, 1.165) is 23.7 Å². The number of rotatable bonds is 6. The molecule has 1 fully saturated rings. The van der Waals surface area contributed by atoms with Crippen LogP contribution in [0.15, 0.2) is 30.5 Å². The molecule has 0 unspecified atom stereocenters. The van der Waals surface area contributed by atoms with Gasteiger partial charge in [-0.25, -0.2) is 4.68 Å². The highest BCUT2D eigenvalue weighted by Gasteiger charge is 2.26. The van der Waals surface area contributed by atoms with Gasteiger partial charge in [0.2, 0.25) is 0 Å². The molecule has 1 aliphatic rings. The van der Waals surface area contributed by atoms with Gasteiger partial charge in [-0.05, 0) is 25.0 Å². The molecule has 5 nitrogen and oxygen atoms in total. The summed E-state index contributed by atoms with van der Waals surface area (Å²) in [6, 6.07) is 8.03. The van der Waals surface area contributed by atoms with Gasteiger partial charge in [0.05, 0.1) is 24.7 Å². The minimum absolute atomic E-state index is 0.549. The first-order chi connectivity index (χ1) is 10.8. The summed E-state index contributed by atoms with van der Waals surface area (Å²) in [5.74, 6) is 1.39. The van der Waals surface area contributed by atoms with Crippen LogP contribution in [0.5, 0.6) is 5.75 Å². The quantitative estimate of drug-likeness (QED) is 0.861. The molecule has 2 aromatic rings. The maximum Gasteiger partial charge on any atom is 0.144 e. The largest absolute Gasteiger partial charge is 0.494 e. The van der Waals surface area contributed by atoms with Crippen LogP contribution in [0.4, 0.5) is 5.69 Å². The molecule has 1 saturated carbocycles. The molecule has 1 aliphatic carbocycles. The summed E-state index contributed by atoms with van der Waals surface area (Å²) in [4.78, 5) is 0. The number of hydrogen-bond acceptors (Lipinski definition) is 4. The van der Waals surface area contributed by atoms with Crippen LogP contribution in [0.2, 0.25) is 0 Å². The molecule has 0 bridgehead atoms. The summed E-state index contributed by atoms with van der Waals surface area (Å²) < 4.78 is 7.54. The van der Waals surface area contributed by atoms with E-state index in [1.807, 2.05) is 29.1 Å². The van der Waals surface area contributed by atoms with Crippen molar-refractivity contribution in [1.82, 2.24) is 9.78 Å². The van der Waals surface area contributed by atoms with Gasteiger partial charge in [0.1, 0.15) is 11.4 Å². The Morgan fingerprint density at radius 1 is 1.32 bits per heavy atom. The lowest BCUT2D eigenvalue weighted by molar-refractivity contribution is 0.411. The van der Waals surface area contributed by atoms with Crippen molar-refractivity contribution in [2.24, 2.45) is 5.73 Å². The first-order valence-electron chi connectivity index (χ1n) is 8.00. The predicted octanol–water partition coefficient (Wildman–Crippen LogP) is 2.91. The van der Waals surface area contributed by atoms with Crippen molar-refractivity contribution in [3.05, 3.63) is 36.2 Å². The molecule has 118 valence electrons. The van der Waals surface area contributed by atoms with Crippen molar-refractivity contribution in [3.8, 4) is 11.4 Å². The molecule has 0 amide bonds. The summed E-state index contributed by atoms with van der Waals surface area (Å²) in [6.07, 6.45) is 6.93. The van der Waals surface area contributed by atoms with Crippen LogP contribution in [-0.2, 0) is 0 Å². The van der Waals surface area contributed by atoms with E-state index in [1.165, 1.54) is 31.4 Å². The normalized spacial score (nSPS) is 15.2. The maximum atomic E-state index is 5.63. The van der Waals surface area contributed by atoms with Gasteiger partial charge in [0.15, 0.2) is 0 Å². The van der Waals surface area contributed by atoms with Crippen LogP contribution >= 0.6 is 0 Å². The SMILES string of the molecule is COc1ccccc1-n1ncc(NCCN)c1C1CCCC1. The van der Waals surface area contributed by atoms with Gasteiger partial charge in [-0.1, -0.05) is 25.0 Å². The second-order valence-electron chi connectivity index (χ2n) is 5.72. The van der Waals surface area contributed by atoms with E-state index in [9.17, 15) is 0 Å². The van der Waals surface area contributed by atoms with Gasteiger partial charge in [-0.2, -0.15) is 5.10 Å². The number of hydrogen-bond donors (Lipinski definition) is 2. The maximum absolute atomic E-state index is 5.63. The smallest absolute Gasteiger partial charge is 0.144 e. The fourth-order valence-corrected chi connectivity index (χ4v) is 3.29. The molecular weight excluding hydrogens is 276 g/mol. The number of nitrogens with one attached hydrogen (secondary N) is 1. The van der Waals surface area contributed by atoms with Crippen LogP contribution in [-0.4, -0.2) is 30.0 Å². The van der Waals surface area contributed by atoms with Crippen molar-refractivity contribution >= 4 is 5.69 Å².